The molecule has 1 saturated heterocycles. The Bertz CT molecular complexity index is 481. The highest BCUT2D eigenvalue weighted by Gasteiger charge is 2.54. The van der Waals surface area contributed by atoms with Gasteiger partial charge in [0.2, 0.25) is 0 Å². The molecule has 1 aromatic rings. The first kappa shape index (κ1) is 12.7. The first-order valence-electron chi connectivity index (χ1n) is 7.55. The molecular weight excluding hydrogens is 258 g/mol. The molecule has 110 valence electrons. The number of nitrogens with one attached hydrogen (secondary N) is 1. The molecule has 2 N–H and O–H groups in total. The summed E-state index contributed by atoms with van der Waals surface area (Å²) in [6.07, 6.45) is 4.88. The van der Waals surface area contributed by atoms with Crippen molar-refractivity contribution in [2.75, 3.05) is 13.2 Å². The van der Waals surface area contributed by atoms with Gasteiger partial charge in [0.15, 0.2) is 5.82 Å². The first-order chi connectivity index (χ1) is 9.79. The molecule has 2 aliphatic carbocycles. The number of hydrogen-bond acceptors (Lipinski definition) is 6. The van der Waals surface area contributed by atoms with Crippen molar-refractivity contribution in [2.24, 2.45) is 5.41 Å². The molecule has 7 nitrogen and oxygen atoms in total. The standard InChI is InChI=1S/C13H21N5O2/c19-11-7-10(13(11)3-5-20-6-4-13)14-8-12-15-16-17-18(12)9-1-2-9/h9-11,14,19H,1-8H2/t10-,11-/m1/s1. The van der Waals surface area contributed by atoms with Crippen molar-refractivity contribution in [1.29, 1.82) is 0 Å². The molecule has 3 aliphatic rings. The quantitative estimate of drug-likeness (QED) is 0.808. The van der Waals surface area contributed by atoms with Gasteiger partial charge in [0.1, 0.15) is 0 Å². The Morgan fingerprint density at radius 3 is 2.85 bits per heavy atom. The summed E-state index contributed by atoms with van der Waals surface area (Å²) in [6, 6.07) is 0.858. The summed E-state index contributed by atoms with van der Waals surface area (Å²) < 4.78 is 7.37. The van der Waals surface area contributed by atoms with E-state index in [-0.39, 0.29) is 11.5 Å². The summed E-state index contributed by atoms with van der Waals surface area (Å²) in [5, 5.41) is 25.7. The highest BCUT2D eigenvalue weighted by molar-refractivity contribution is 5.08. The van der Waals surface area contributed by atoms with Crippen LogP contribution in [-0.2, 0) is 11.3 Å². The molecule has 0 radical (unpaired) electrons. The van der Waals surface area contributed by atoms with Gasteiger partial charge in [-0.05, 0) is 42.5 Å². The van der Waals surface area contributed by atoms with Gasteiger partial charge in [-0.2, -0.15) is 0 Å². The number of aliphatic hydroxyl groups is 1. The van der Waals surface area contributed by atoms with E-state index in [1.807, 2.05) is 4.68 Å². The third-order valence-electron chi connectivity index (χ3n) is 5.20. The summed E-state index contributed by atoms with van der Waals surface area (Å²) in [5.74, 6) is 0.913. The highest BCUT2D eigenvalue weighted by atomic mass is 16.5. The van der Waals surface area contributed by atoms with Crippen molar-refractivity contribution < 1.29 is 9.84 Å². The fourth-order valence-electron chi connectivity index (χ4n) is 3.63. The first-order valence-corrected chi connectivity index (χ1v) is 7.55. The molecule has 2 heterocycles. The predicted molar refractivity (Wildman–Crippen MR) is 69.8 cm³/mol. The molecule has 1 aliphatic heterocycles. The van der Waals surface area contributed by atoms with Gasteiger partial charge in [0.05, 0.1) is 18.7 Å². The maximum absolute atomic E-state index is 10.2. The molecule has 0 amide bonds. The molecule has 1 spiro atoms. The number of hydrogen-bond donors (Lipinski definition) is 2. The van der Waals surface area contributed by atoms with Crippen molar-refractivity contribution in [3.05, 3.63) is 5.82 Å². The van der Waals surface area contributed by atoms with Gasteiger partial charge < -0.3 is 15.2 Å². The maximum atomic E-state index is 10.2. The van der Waals surface area contributed by atoms with Crippen LogP contribution in [-0.4, -0.2) is 50.7 Å². The number of aliphatic hydroxyl groups excluding tert-OH is 1. The number of rotatable bonds is 4. The van der Waals surface area contributed by atoms with Crippen LogP contribution >= 0.6 is 0 Å². The SMILES string of the molecule is O[C@@H]1C[C@@H](NCc2nnnn2C2CC2)C12CCOCC2. The van der Waals surface area contributed by atoms with Gasteiger partial charge >= 0.3 is 0 Å². The van der Waals surface area contributed by atoms with Crippen LogP contribution < -0.4 is 5.32 Å². The van der Waals surface area contributed by atoms with Crippen LogP contribution in [0, 0.1) is 5.41 Å². The van der Waals surface area contributed by atoms with E-state index < -0.39 is 0 Å². The minimum absolute atomic E-state index is 0.0100. The van der Waals surface area contributed by atoms with Crippen molar-refractivity contribution in [1.82, 2.24) is 25.5 Å². The third-order valence-corrected chi connectivity index (χ3v) is 5.20. The second-order valence-electron chi connectivity index (χ2n) is 6.30. The Kier molecular flexibility index (Phi) is 3.01. The zero-order chi connectivity index (χ0) is 13.6. The summed E-state index contributed by atoms with van der Waals surface area (Å²) >= 11 is 0. The Balaban J connectivity index is 1.40. The van der Waals surface area contributed by atoms with E-state index in [1.54, 1.807) is 0 Å². The van der Waals surface area contributed by atoms with E-state index in [0.29, 0.717) is 18.6 Å². The second-order valence-corrected chi connectivity index (χ2v) is 6.30. The monoisotopic (exact) mass is 279 g/mol. The van der Waals surface area contributed by atoms with Gasteiger partial charge in [0.25, 0.3) is 0 Å². The lowest BCUT2D eigenvalue weighted by Gasteiger charge is -2.55. The lowest BCUT2D eigenvalue weighted by Crippen LogP contribution is -2.64. The van der Waals surface area contributed by atoms with E-state index in [4.69, 9.17) is 4.74 Å². The molecule has 0 bridgehead atoms. The van der Waals surface area contributed by atoms with Gasteiger partial charge in [-0.3, -0.25) is 0 Å². The van der Waals surface area contributed by atoms with Crippen molar-refractivity contribution >= 4 is 0 Å². The Hall–Kier alpha value is -1.05. The van der Waals surface area contributed by atoms with Crippen LogP contribution in [0.2, 0.25) is 0 Å². The van der Waals surface area contributed by atoms with E-state index in [0.717, 1.165) is 38.3 Å². The lowest BCUT2D eigenvalue weighted by molar-refractivity contribution is -0.149. The molecule has 1 aromatic heterocycles. The van der Waals surface area contributed by atoms with E-state index >= 15 is 0 Å². The molecule has 20 heavy (non-hydrogen) atoms. The van der Waals surface area contributed by atoms with E-state index in [9.17, 15) is 5.11 Å². The molecule has 3 fully saturated rings. The Morgan fingerprint density at radius 1 is 1.35 bits per heavy atom. The number of ether oxygens (including phenoxy) is 1. The van der Waals surface area contributed by atoms with Crippen LogP contribution in [0.5, 0.6) is 0 Å². The molecule has 0 aromatic carbocycles. The second kappa shape index (κ2) is 4.75. The smallest absolute Gasteiger partial charge is 0.165 e. The number of nitrogens with zero attached hydrogens (tertiary/aromatic N) is 4. The largest absolute Gasteiger partial charge is 0.392 e. The molecule has 0 unspecified atom stereocenters. The molecule has 2 atom stereocenters. The predicted octanol–water partition coefficient (Wildman–Crippen LogP) is 0.0276. The van der Waals surface area contributed by atoms with Crippen LogP contribution in [0.1, 0.15) is 44.0 Å². The number of aromatic nitrogens is 4. The average Bonchev–Trinajstić information content (AvgIpc) is 3.23. The van der Waals surface area contributed by atoms with Gasteiger partial charge in [-0.25, -0.2) is 4.68 Å². The van der Waals surface area contributed by atoms with E-state index in [1.165, 1.54) is 12.8 Å². The molecule has 7 heteroatoms. The fourth-order valence-corrected chi connectivity index (χ4v) is 3.63. The normalized spacial score (nSPS) is 32.2. The van der Waals surface area contributed by atoms with Crippen molar-refractivity contribution in [2.45, 2.75) is 56.8 Å². The summed E-state index contributed by atoms with van der Waals surface area (Å²) in [7, 11) is 0. The molecule has 4 rings (SSSR count). The fraction of sp³-hybridized carbons (Fsp3) is 0.923. The zero-order valence-corrected chi connectivity index (χ0v) is 11.5. The van der Waals surface area contributed by atoms with Crippen LogP contribution in [0.15, 0.2) is 0 Å². The molecule has 2 saturated carbocycles. The van der Waals surface area contributed by atoms with Crippen LogP contribution in [0.4, 0.5) is 0 Å². The average molecular weight is 279 g/mol. The van der Waals surface area contributed by atoms with E-state index in [2.05, 4.69) is 20.8 Å². The maximum Gasteiger partial charge on any atom is 0.165 e. The Morgan fingerprint density at radius 2 is 2.15 bits per heavy atom. The number of tetrazole rings is 1. The summed E-state index contributed by atoms with van der Waals surface area (Å²) in [6.45, 7) is 2.20. The molecular formula is C13H21N5O2. The van der Waals surface area contributed by atoms with Crippen LogP contribution in [0.3, 0.4) is 0 Å². The van der Waals surface area contributed by atoms with Crippen LogP contribution in [0.25, 0.3) is 0 Å². The van der Waals surface area contributed by atoms with Crippen molar-refractivity contribution in [3.8, 4) is 0 Å². The zero-order valence-electron chi connectivity index (χ0n) is 11.5. The van der Waals surface area contributed by atoms with Gasteiger partial charge in [-0.15, -0.1) is 5.10 Å². The summed E-state index contributed by atoms with van der Waals surface area (Å²) in [5.41, 5.74) is 0.0100. The minimum Gasteiger partial charge on any atom is -0.392 e. The highest BCUT2D eigenvalue weighted by Crippen LogP contribution is 2.49. The lowest BCUT2D eigenvalue weighted by atomic mass is 9.58. The van der Waals surface area contributed by atoms with Gasteiger partial charge in [0, 0.05) is 24.7 Å². The third kappa shape index (κ3) is 1.96. The van der Waals surface area contributed by atoms with Crippen molar-refractivity contribution in [3.63, 3.8) is 0 Å². The Labute approximate surface area is 117 Å². The minimum atomic E-state index is -0.191. The van der Waals surface area contributed by atoms with Gasteiger partial charge in [-0.1, -0.05) is 0 Å². The topological polar surface area (TPSA) is 85.1 Å². The summed E-state index contributed by atoms with van der Waals surface area (Å²) in [4.78, 5) is 0.